The number of benzene rings is 1. The lowest BCUT2D eigenvalue weighted by atomic mass is 10.1. The molecule has 19 heavy (non-hydrogen) atoms. The van der Waals surface area contributed by atoms with Gasteiger partial charge in [-0.3, -0.25) is 4.79 Å². The highest BCUT2D eigenvalue weighted by Crippen LogP contribution is 2.15. The quantitative estimate of drug-likeness (QED) is 0.861. The number of aliphatic carboxylic acids is 1. The number of rotatable bonds is 5. The molecule has 0 bridgehead atoms. The molecule has 1 aromatic rings. The summed E-state index contributed by atoms with van der Waals surface area (Å²) in [5.41, 5.74) is 0.180. The van der Waals surface area contributed by atoms with Gasteiger partial charge in [-0.05, 0) is 36.6 Å². The predicted octanol–water partition coefficient (Wildman–Crippen LogP) is 1.52. The van der Waals surface area contributed by atoms with Crippen molar-refractivity contribution in [2.45, 2.75) is 31.7 Å². The van der Waals surface area contributed by atoms with Crippen LogP contribution >= 0.6 is 0 Å². The first kappa shape index (κ1) is 15.6. The third-order valence-corrected chi connectivity index (χ3v) is 4.09. The van der Waals surface area contributed by atoms with Crippen LogP contribution in [0.4, 0.5) is 4.39 Å². The van der Waals surface area contributed by atoms with Gasteiger partial charge in [0.1, 0.15) is 11.9 Å². The Bertz CT molecular complexity index is 583. The first-order valence-corrected chi connectivity index (χ1v) is 7.14. The Morgan fingerprint density at radius 3 is 2.37 bits per heavy atom. The van der Waals surface area contributed by atoms with E-state index < -0.39 is 33.8 Å². The van der Waals surface area contributed by atoms with Crippen LogP contribution in [0.15, 0.2) is 23.1 Å². The maximum Gasteiger partial charge on any atom is 0.322 e. The molecule has 5 nitrogen and oxygen atoms in total. The summed E-state index contributed by atoms with van der Waals surface area (Å²) in [5, 5.41) is 8.97. The molecule has 106 valence electrons. The maximum absolute atomic E-state index is 13.1. The molecule has 0 radical (unpaired) electrons. The van der Waals surface area contributed by atoms with Crippen molar-refractivity contribution in [2.24, 2.45) is 5.92 Å². The maximum atomic E-state index is 13.1. The zero-order chi connectivity index (χ0) is 14.8. The molecule has 1 rings (SSSR count). The highest BCUT2D eigenvalue weighted by Gasteiger charge is 2.28. The molecule has 0 spiro atoms. The summed E-state index contributed by atoms with van der Waals surface area (Å²) in [4.78, 5) is 10.8. The molecule has 7 heteroatoms. The largest absolute Gasteiger partial charge is 0.480 e. The van der Waals surface area contributed by atoms with E-state index in [1.54, 1.807) is 13.8 Å². The number of aryl methyl sites for hydroxylation is 1. The van der Waals surface area contributed by atoms with Crippen LogP contribution in [0.25, 0.3) is 0 Å². The zero-order valence-electron chi connectivity index (χ0n) is 10.8. The van der Waals surface area contributed by atoms with Crippen LogP contribution in [0, 0.1) is 18.7 Å². The van der Waals surface area contributed by atoms with E-state index in [-0.39, 0.29) is 10.5 Å². The number of carboxylic acids is 1. The van der Waals surface area contributed by atoms with E-state index >= 15 is 0 Å². The molecule has 0 heterocycles. The van der Waals surface area contributed by atoms with Gasteiger partial charge in [0, 0.05) is 0 Å². The standard InChI is InChI=1S/C12H16FNO4S/c1-7(2)11(12(15)16)14-19(17,18)9-4-5-10(13)8(3)6-9/h4-7,11,14H,1-3H3,(H,15,16)/t11-/m1/s1. The second-order valence-corrected chi connectivity index (χ2v) is 6.31. The van der Waals surface area contributed by atoms with Crippen LogP contribution in [0.2, 0.25) is 0 Å². The fourth-order valence-corrected chi connectivity index (χ4v) is 2.91. The fourth-order valence-electron chi connectivity index (χ4n) is 1.49. The first-order valence-electron chi connectivity index (χ1n) is 5.66. The second kappa shape index (κ2) is 5.66. The Kier molecular flexibility index (Phi) is 4.65. The van der Waals surface area contributed by atoms with Crippen molar-refractivity contribution in [1.82, 2.24) is 4.72 Å². The smallest absolute Gasteiger partial charge is 0.322 e. The lowest BCUT2D eigenvalue weighted by Crippen LogP contribution is -2.44. The molecule has 0 aliphatic heterocycles. The summed E-state index contributed by atoms with van der Waals surface area (Å²) < 4.78 is 39.2. The minimum absolute atomic E-state index is 0.154. The van der Waals surface area contributed by atoms with Crippen LogP contribution in [-0.4, -0.2) is 25.5 Å². The van der Waals surface area contributed by atoms with Crippen LogP contribution in [0.5, 0.6) is 0 Å². The summed E-state index contributed by atoms with van der Waals surface area (Å²) in [5.74, 6) is -2.18. The molecule has 0 saturated carbocycles. The van der Waals surface area contributed by atoms with Crippen molar-refractivity contribution in [2.75, 3.05) is 0 Å². The number of hydrogen-bond acceptors (Lipinski definition) is 3. The topological polar surface area (TPSA) is 83.5 Å². The molecule has 0 saturated heterocycles. The molecule has 0 fully saturated rings. The van der Waals surface area contributed by atoms with Crippen LogP contribution in [0.1, 0.15) is 19.4 Å². The van der Waals surface area contributed by atoms with E-state index in [2.05, 4.69) is 4.72 Å². The summed E-state index contributed by atoms with van der Waals surface area (Å²) in [6, 6.07) is 2.07. The Hall–Kier alpha value is -1.47. The van der Waals surface area contributed by atoms with Gasteiger partial charge in [0.2, 0.25) is 10.0 Å². The highest BCUT2D eigenvalue weighted by molar-refractivity contribution is 7.89. The third-order valence-electron chi connectivity index (χ3n) is 2.65. The number of nitrogens with one attached hydrogen (secondary N) is 1. The van der Waals surface area contributed by atoms with Crippen LogP contribution in [-0.2, 0) is 14.8 Å². The van der Waals surface area contributed by atoms with E-state index in [4.69, 9.17) is 5.11 Å². The molecule has 0 aliphatic rings. The fraction of sp³-hybridized carbons (Fsp3) is 0.417. The Balaban J connectivity index is 3.10. The summed E-state index contributed by atoms with van der Waals surface area (Å²) in [6.07, 6.45) is 0. The highest BCUT2D eigenvalue weighted by atomic mass is 32.2. The summed E-state index contributed by atoms with van der Waals surface area (Å²) >= 11 is 0. The van der Waals surface area contributed by atoms with E-state index in [0.29, 0.717) is 0 Å². The minimum Gasteiger partial charge on any atom is -0.480 e. The average Bonchev–Trinajstić information content (AvgIpc) is 2.28. The lowest BCUT2D eigenvalue weighted by molar-refractivity contribution is -0.140. The normalized spacial score (nSPS) is 13.5. The Morgan fingerprint density at radius 1 is 1.37 bits per heavy atom. The first-order chi connectivity index (χ1) is 8.65. The molecule has 1 atom stereocenters. The summed E-state index contributed by atoms with van der Waals surface area (Å²) in [7, 11) is -3.99. The van der Waals surface area contributed by atoms with Gasteiger partial charge in [0.25, 0.3) is 0 Å². The van der Waals surface area contributed by atoms with Crippen molar-refractivity contribution in [3.05, 3.63) is 29.6 Å². The van der Waals surface area contributed by atoms with Gasteiger partial charge >= 0.3 is 5.97 Å². The van der Waals surface area contributed by atoms with Crippen LogP contribution in [0.3, 0.4) is 0 Å². The number of sulfonamides is 1. The van der Waals surface area contributed by atoms with E-state index in [1.165, 1.54) is 6.92 Å². The molecule has 0 amide bonds. The molecule has 1 aromatic carbocycles. The van der Waals surface area contributed by atoms with E-state index in [0.717, 1.165) is 18.2 Å². The van der Waals surface area contributed by atoms with E-state index in [1.807, 2.05) is 0 Å². The predicted molar refractivity (Wildman–Crippen MR) is 67.7 cm³/mol. The summed E-state index contributed by atoms with van der Waals surface area (Å²) in [6.45, 7) is 4.62. The second-order valence-electron chi connectivity index (χ2n) is 4.59. The zero-order valence-corrected chi connectivity index (χ0v) is 11.7. The van der Waals surface area contributed by atoms with Crippen molar-refractivity contribution in [3.63, 3.8) is 0 Å². The van der Waals surface area contributed by atoms with Gasteiger partial charge in [0.15, 0.2) is 0 Å². The molecular formula is C12H16FNO4S. The van der Waals surface area contributed by atoms with Gasteiger partial charge in [-0.15, -0.1) is 0 Å². The van der Waals surface area contributed by atoms with Crippen molar-refractivity contribution in [1.29, 1.82) is 0 Å². The lowest BCUT2D eigenvalue weighted by Gasteiger charge is -2.18. The third kappa shape index (κ3) is 3.74. The Labute approximate surface area is 111 Å². The molecule has 0 aliphatic carbocycles. The van der Waals surface area contributed by atoms with E-state index in [9.17, 15) is 17.6 Å². The number of carbonyl (C=O) groups is 1. The SMILES string of the molecule is Cc1cc(S(=O)(=O)N[C@@H](C(=O)O)C(C)C)ccc1F. The van der Waals surface area contributed by atoms with Gasteiger partial charge in [-0.25, -0.2) is 12.8 Å². The van der Waals surface area contributed by atoms with Crippen molar-refractivity contribution >= 4 is 16.0 Å². The number of halogens is 1. The molecular weight excluding hydrogens is 273 g/mol. The van der Waals surface area contributed by atoms with Gasteiger partial charge < -0.3 is 5.11 Å². The molecule has 0 unspecified atom stereocenters. The average molecular weight is 289 g/mol. The molecule has 0 aromatic heterocycles. The minimum atomic E-state index is -3.99. The number of carboxylic acid groups (broad SMARTS) is 1. The number of hydrogen-bond donors (Lipinski definition) is 2. The molecule has 2 N–H and O–H groups in total. The van der Waals surface area contributed by atoms with Gasteiger partial charge in [-0.2, -0.15) is 4.72 Å². The monoisotopic (exact) mass is 289 g/mol. The van der Waals surface area contributed by atoms with Crippen LogP contribution < -0.4 is 4.72 Å². The van der Waals surface area contributed by atoms with Crippen molar-refractivity contribution < 1.29 is 22.7 Å². The Morgan fingerprint density at radius 2 is 1.95 bits per heavy atom. The van der Waals surface area contributed by atoms with Crippen molar-refractivity contribution in [3.8, 4) is 0 Å². The van der Waals surface area contributed by atoms with Gasteiger partial charge in [0.05, 0.1) is 4.90 Å². The van der Waals surface area contributed by atoms with Gasteiger partial charge in [-0.1, -0.05) is 13.8 Å².